The van der Waals surface area contributed by atoms with E-state index >= 15 is 0 Å². The Labute approximate surface area is 165 Å². The standard InChI is InChI=1S/C20H25N3O4S/c1-22-9-11-23(12-10-22)17-5-3-16(4-6-17)21-28(24,25)18-7-8-19-20(15-18)27-14-2-13-26-19/h3-8,15,21H,2,9-14H2,1H3/p+1. The molecule has 2 aromatic carbocycles. The molecule has 4 rings (SSSR count). The van der Waals surface area contributed by atoms with E-state index in [1.165, 1.54) is 17.0 Å². The van der Waals surface area contributed by atoms with Crippen molar-refractivity contribution >= 4 is 21.4 Å². The largest absolute Gasteiger partial charge is 0.490 e. The Bertz CT molecular complexity index is 923. The fourth-order valence-electron chi connectivity index (χ4n) is 3.41. The first-order chi connectivity index (χ1) is 13.5. The van der Waals surface area contributed by atoms with E-state index in [1.807, 2.05) is 12.1 Å². The summed E-state index contributed by atoms with van der Waals surface area (Å²) in [6.45, 7) is 5.32. The molecule has 0 aliphatic carbocycles. The number of piperazine rings is 1. The maximum absolute atomic E-state index is 12.8. The van der Waals surface area contributed by atoms with Crippen molar-refractivity contribution in [2.75, 3.05) is 56.1 Å². The van der Waals surface area contributed by atoms with E-state index < -0.39 is 10.0 Å². The Balaban J connectivity index is 1.48. The van der Waals surface area contributed by atoms with Crippen LogP contribution in [0.15, 0.2) is 47.4 Å². The predicted octanol–water partition coefficient (Wildman–Crippen LogP) is 0.983. The molecule has 2 N–H and O–H groups in total. The number of sulfonamides is 1. The topological polar surface area (TPSA) is 72.3 Å². The Morgan fingerprint density at radius 2 is 1.64 bits per heavy atom. The number of nitrogens with zero attached hydrogens (tertiary/aromatic N) is 1. The van der Waals surface area contributed by atoms with Crippen LogP contribution in [0.4, 0.5) is 11.4 Å². The van der Waals surface area contributed by atoms with Gasteiger partial charge in [-0.25, -0.2) is 8.42 Å². The number of hydrogen-bond acceptors (Lipinski definition) is 5. The van der Waals surface area contributed by atoms with Crippen LogP contribution in [-0.4, -0.2) is 54.9 Å². The molecule has 2 heterocycles. The number of fused-ring (bicyclic) bond motifs is 1. The van der Waals surface area contributed by atoms with Crippen molar-refractivity contribution in [3.8, 4) is 11.5 Å². The van der Waals surface area contributed by atoms with Crippen molar-refractivity contribution in [3.05, 3.63) is 42.5 Å². The zero-order valence-electron chi connectivity index (χ0n) is 16.0. The summed E-state index contributed by atoms with van der Waals surface area (Å²) in [5, 5.41) is 0. The summed E-state index contributed by atoms with van der Waals surface area (Å²) in [6, 6.07) is 12.2. The second-order valence-corrected chi connectivity index (χ2v) is 8.94. The maximum atomic E-state index is 12.8. The van der Waals surface area contributed by atoms with E-state index in [1.54, 1.807) is 18.2 Å². The summed E-state index contributed by atoms with van der Waals surface area (Å²) < 4.78 is 39.4. The van der Waals surface area contributed by atoms with Gasteiger partial charge in [0, 0.05) is 23.9 Å². The van der Waals surface area contributed by atoms with Gasteiger partial charge in [0.25, 0.3) is 10.0 Å². The van der Waals surface area contributed by atoms with E-state index in [9.17, 15) is 8.42 Å². The van der Waals surface area contributed by atoms with Crippen molar-refractivity contribution in [2.45, 2.75) is 11.3 Å². The van der Waals surface area contributed by atoms with Gasteiger partial charge in [-0.1, -0.05) is 0 Å². The summed E-state index contributed by atoms with van der Waals surface area (Å²) in [7, 11) is -1.50. The average molecular weight is 405 g/mol. The molecule has 1 saturated heterocycles. The monoisotopic (exact) mass is 404 g/mol. The van der Waals surface area contributed by atoms with Crippen LogP contribution < -0.4 is 24.0 Å². The van der Waals surface area contributed by atoms with E-state index in [2.05, 4.69) is 16.7 Å². The van der Waals surface area contributed by atoms with E-state index in [-0.39, 0.29) is 4.90 Å². The number of anilines is 2. The Morgan fingerprint density at radius 3 is 2.36 bits per heavy atom. The molecule has 1 fully saturated rings. The van der Waals surface area contributed by atoms with Gasteiger partial charge in [-0.3, -0.25) is 4.72 Å². The molecule has 150 valence electrons. The number of nitrogens with one attached hydrogen (secondary N) is 2. The van der Waals surface area contributed by atoms with Crippen molar-refractivity contribution in [2.24, 2.45) is 0 Å². The van der Waals surface area contributed by atoms with Crippen LogP contribution in [0.25, 0.3) is 0 Å². The van der Waals surface area contributed by atoms with Crippen LogP contribution in [0.5, 0.6) is 11.5 Å². The molecule has 28 heavy (non-hydrogen) atoms. The van der Waals surface area contributed by atoms with Gasteiger partial charge < -0.3 is 19.3 Å². The minimum Gasteiger partial charge on any atom is -0.490 e. The lowest BCUT2D eigenvalue weighted by atomic mass is 10.2. The van der Waals surface area contributed by atoms with Crippen LogP contribution in [0.1, 0.15) is 6.42 Å². The number of likely N-dealkylation sites (N-methyl/N-ethyl adjacent to an activating group) is 1. The van der Waals surface area contributed by atoms with E-state index in [0.717, 1.165) is 38.3 Å². The highest BCUT2D eigenvalue weighted by molar-refractivity contribution is 7.92. The number of quaternary nitrogens is 1. The zero-order valence-corrected chi connectivity index (χ0v) is 16.8. The molecule has 0 radical (unpaired) electrons. The van der Waals surface area contributed by atoms with Crippen LogP contribution in [0, 0.1) is 0 Å². The molecule has 2 aliphatic heterocycles. The number of hydrogen-bond donors (Lipinski definition) is 2. The Morgan fingerprint density at radius 1 is 0.964 bits per heavy atom. The summed E-state index contributed by atoms with van der Waals surface area (Å²) in [4.78, 5) is 4.02. The minimum absolute atomic E-state index is 0.155. The second-order valence-electron chi connectivity index (χ2n) is 7.26. The van der Waals surface area contributed by atoms with E-state index in [0.29, 0.717) is 30.4 Å². The van der Waals surface area contributed by atoms with Crippen LogP contribution >= 0.6 is 0 Å². The molecule has 0 amide bonds. The third kappa shape index (κ3) is 4.18. The van der Waals surface area contributed by atoms with Crippen LogP contribution in [0.3, 0.4) is 0 Å². The Kier molecular flexibility index (Phi) is 5.32. The lowest BCUT2D eigenvalue weighted by Gasteiger charge is -2.31. The molecule has 0 unspecified atom stereocenters. The van der Waals surface area contributed by atoms with Crippen molar-refractivity contribution in [1.82, 2.24) is 0 Å². The molecular formula is C20H26N3O4S+. The third-order valence-corrected chi connectivity index (χ3v) is 6.51. The minimum atomic E-state index is -3.71. The van der Waals surface area contributed by atoms with Gasteiger partial charge in [-0.05, 0) is 36.4 Å². The van der Waals surface area contributed by atoms with Crippen LogP contribution in [0.2, 0.25) is 0 Å². The first kappa shape index (κ1) is 18.9. The van der Waals surface area contributed by atoms with Gasteiger partial charge in [0.05, 0.1) is 51.3 Å². The number of benzene rings is 2. The van der Waals surface area contributed by atoms with E-state index in [4.69, 9.17) is 9.47 Å². The zero-order chi connectivity index (χ0) is 19.6. The van der Waals surface area contributed by atoms with Crippen molar-refractivity contribution in [3.63, 3.8) is 0 Å². The molecule has 2 aliphatic rings. The Hall–Kier alpha value is -2.45. The average Bonchev–Trinajstić information content (AvgIpc) is 2.94. The number of rotatable bonds is 4. The summed E-state index contributed by atoms with van der Waals surface area (Å²) in [5.41, 5.74) is 1.65. The van der Waals surface area contributed by atoms with Crippen LogP contribution in [-0.2, 0) is 10.0 Å². The molecular weight excluding hydrogens is 378 g/mol. The molecule has 7 nitrogen and oxygen atoms in total. The smallest absolute Gasteiger partial charge is 0.262 e. The molecule has 0 spiro atoms. The molecule has 8 heteroatoms. The van der Waals surface area contributed by atoms with Gasteiger partial charge >= 0.3 is 0 Å². The maximum Gasteiger partial charge on any atom is 0.262 e. The lowest BCUT2D eigenvalue weighted by molar-refractivity contribution is -0.880. The summed E-state index contributed by atoms with van der Waals surface area (Å²) in [6.07, 6.45) is 0.774. The summed E-state index contributed by atoms with van der Waals surface area (Å²) in [5.74, 6) is 1.04. The molecule has 0 atom stereocenters. The third-order valence-electron chi connectivity index (χ3n) is 5.13. The highest BCUT2D eigenvalue weighted by Gasteiger charge is 2.20. The quantitative estimate of drug-likeness (QED) is 0.795. The molecule has 2 aromatic rings. The number of ether oxygens (including phenoxy) is 2. The molecule has 0 bridgehead atoms. The van der Waals surface area contributed by atoms with Crippen molar-refractivity contribution in [1.29, 1.82) is 0 Å². The highest BCUT2D eigenvalue weighted by Crippen LogP contribution is 2.32. The normalized spacial score (nSPS) is 17.8. The van der Waals surface area contributed by atoms with Gasteiger partial charge in [0.15, 0.2) is 11.5 Å². The first-order valence-corrected chi connectivity index (χ1v) is 11.1. The fraction of sp³-hybridized carbons (Fsp3) is 0.400. The second kappa shape index (κ2) is 7.89. The van der Waals surface area contributed by atoms with Crippen molar-refractivity contribution < 1.29 is 22.8 Å². The van der Waals surface area contributed by atoms with Gasteiger partial charge in [0.2, 0.25) is 0 Å². The summed E-state index contributed by atoms with van der Waals surface area (Å²) >= 11 is 0. The van der Waals surface area contributed by atoms with Gasteiger partial charge in [-0.2, -0.15) is 0 Å². The SMILES string of the molecule is C[NH+]1CCN(c2ccc(NS(=O)(=O)c3ccc4c(c3)OCCCO4)cc2)CC1. The molecule has 0 aromatic heterocycles. The fourth-order valence-corrected chi connectivity index (χ4v) is 4.49. The lowest BCUT2D eigenvalue weighted by Crippen LogP contribution is -3.12. The first-order valence-electron chi connectivity index (χ1n) is 9.60. The predicted molar refractivity (Wildman–Crippen MR) is 108 cm³/mol. The highest BCUT2D eigenvalue weighted by atomic mass is 32.2. The molecule has 0 saturated carbocycles. The van der Waals surface area contributed by atoms with Gasteiger partial charge in [0.1, 0.15) is 0 Å². The van der Waals surface area contributed by atoms with Gasteiger partial charge in [-0.15, -0.1) is 0 Å².